The number of guanidine groups is 1. The van der Waals surface area contributed by atoms with E-state index in [1.165, 1.54) is 5.56 Å². The van der Waals surface area contributed by atoms with Crippen molar-refractivity contribution >= 4 is 41.5 Å². The highest BCUT2D eigenvalue weighted by molar-refractivity contribution is 14.0. The van der Waals surface area contributed by atoms with Crippen LogP contribution in [-0.4, -0.2) is 40.8 Å². The molecule has 0 fully saturated rings. The van der Waals surface area contributed by atoms with Crippen molar-refractivity contribution in [3.05, 3.63) is 52.8 Å². The molecular weight excluding hydrogens is 437 g/mol. The third kappa shape index (κ3) is 6.68. The zero-order valence-corrected chi connectivity index (χ0v) is 17.5. The van der Waals surface area contributed by atoms with E-state index >= 15 is 0 Å². The largest absolute Gasteiger partial charge is 0.357 e. The van der Waals surface area contributed by atoms with Crippen molar-refractivity contribution in [2.24, 2.45) is 4.99 Å². The van der Waals surface area contributed by atoms with E-state index in [9.17, 15) is 0 Å². The summed E-state index contributed by atoms with van der Waals surface area (Å²) in [5.74, 6) is 0.886. The monoisotopic (exact) mass is 461 g/mol. The Balaban J connectivity index is 0.00000288. The van der Waals surface area contributed by atoms with Gasteiger partial charge in [-0.3, -0.25) is 9.67 Å². The third-order valence-electron chi connectivity index (χ3n) is 3.36. The topological polar surface area (TPSA) is 45.5 Å². The molecule has 0 saturated carbocycles. The molecule has 0 saturated heterocycles. The van der Waals surface area contributed by atoms with Gasteiger partial charge >= 0.3 is 0 Å². The third-order valence-corrected chi connectivity index (χ3v) is 3.59. The first-order valence-corrected chi connectivity index (χ1v) is 8.19. The van der Waals surface area contributed by atoms with Gasteiger partial charge in [0.1, 0.15) is 0 Å². The van der Waals surface area contributed by atoms with Crippen LogP contribution >= 0.6 is 35.6 Å². The Morgan fingerprint density at radius 1 is 1.42 bits per heavy atom. The molecule has 1 aromatic heterocycles. The second kappa shape index (κ2) is 10.6. The normalized spacial score (nSPS) is 11.1. The van der Waals surface area contributed by atoms with Crippen LogP contribution in [0.4, 0.5) is 0 Å². The number of hydrogen-bond acceptors (Lipinski definition) is 2. The van der Waals surface area contributed by atoms with Crippen LogP contribution in [0.1, 0.15) is 18.1 Å². The van der Waals surface area contributed by atoms with E-state index in [0.717, 1.165) is 36.2 Å². The molecule has 0 amide bonds. The lowest BCUT2D eigenvalue weighted by atomic mass is 10.2. The lowest BCUT2D eigenvalue weighted by molar-refractivity contribution is 0.475. The summed E-state index contributed by atoms with van der Waals surface area (Å²) in [5.41, 5.74) is 2.33. The summed E-state index contributed by atoms with van der Waals surface area (Å²) in [6.07, 6.45) is 3.89. The summed E-state index contributed by atoms with van der Waals surface area (Å²) in [7, 11) is 2.03. The zero-order valence-electron chi connectivity index (χ0n) is 14.4. The molecular formula is C17H25ClIN5. The van der Waals surface area contributed by atoms with E-state index in [2.05, 4.69) is 33.3 Å². The average molecular weight is 462 g/mol. The molecule has 24 heavy (non-hydrogen) atoms. The van der Waals surface area contributed by atoms with Gasteiger partial charge in [-0.1, -0.05) is 23.7 Å². The SMILES string of the molecule is CCNC(=NCCn1cc(C)cn1)N(C)Cc1cccc(Cl)c1.I. The fraction of sp³-hybridized carbons (Fsp3) is 0.412. The molecule has 1 N–H and O–H groups in total. The summed E-state index contributed by atoms with van der Waals surface area (Å²) in [6.45, 7) is 7.15. The molecule has 2 aromatic rings. The summed E-state index contributed by atoms with van der Waals surface area (Å²) in [6, 6.07) is 7.90. The van der Waals surface area contributed by atoms with E-state index in [0.29, 0.717) is 6.54 Å². The maximum Gasteiger partial charge on any atom is 0.194 e. The van der Waals surface area contributed by atoms with E-state index in [4.69, 9.17) is 11.6 Å². The minimum Gasteiger partial charge on any atom is -0.357 e. The second-order valence-corrected chi connectivity index (χ2v) is 5.94. The van der Waals surface area contributed by atoms with Crippen LogP contribution in [0.15, 0.2) is 41.7 Å². The van der Waals surface area contributed by atoms with Crippen LogP contribution < -0.4 is 5.32 Å². The molecule has 0 radical (unpaired) electrons. The molecule has 1 heterocycles. The summed E-state index contributed by atoms with van der Waals surface area (Å²) >= 11 is 6.05. The zero-order chi connectivity index (χ0) is 16.7. The fourth-order valence-electron chi connectivity index (χ4n) is 2.30. The van der Waals surface area contributed by atoms with Crippen molar-refractivity contribution in [1.29, 1.82) is 0 Å². The lowest BCUT2D eigenvalue weighted by Crippen LogP contribution is -2.38. The molecule has 5 nitrogen and oxygen atoms in total. The molecule has 2 rings (SSSR count). The smallest absolute Gasteiger partial charge is 0.194 e. The highest BCUT2D eigenvalue weighted by atomic mass is 127. The van der Waals surface area contributed by atoms with Gasteiger partial charge < -0.3 is 10.2 Å². The number of hydrogen-bond donors (Lipinski definition) is 1. The van der Waals surface area contributed by atoms with Crippen molar-refractivity contribution in [1.82, 2.24) is 20.0 Å². The van der Waals surface area contributed by atoms with E-state index in [1.807, 2.05) is 49.2 Å². The molecule has 1 aromatic carbocycles. The van der Waals surface area contributed by atoms with Gasteiger partial charge in [-0.2, -0.15) is 5.10 Å². The van der Waals surface area contributed by atoms with Crippen molar-refractivity contribution in [2.75, 3.05) is 20.1 Å². The molecule has 7 heteroatoms. The van der Waals surface area contributed by atoms with Gasteiger partial charge in [-0.15, -0.1) is 24.0 Å². The van der Waals surface area contributed by atoms with Crippen LogP contribution in [0.3, 0.4) is 0 Å². The van der Waals surface area contributed by atoms with Crippen LogP contribution in [-0.2, 0) is 13.1 Å². The van der Waals surface area contributed by atoms with Crippen LogP contribution in [0.25, 0.3) is 0 Å². The Morgan fingerprint density at radius 3 is 2.83 bits per heavy atom. The van der Waals surface area contributed by atoms with Gasteiger partial charge in [0, 0.05) is 31.4 Å². The molecule has 0 atom stereocenters. The standard InChI is InChI=1S/C17H24ClN5.HI/c1-4-19-17(20-8-9-23-12-14(2)11-21-23)22(3)13-15-6-5-7-16(18)10-15;/h5-7,10-12H,4,8-9,13H2,1-3H3,(H,19,20);1H. The van der Waals surface area contributed by atoms with Crippen LogP contribution in [0, 0.1) is 6.92 Å². The lowest BCUT2D eigenvalue weighted by Gasteiger charge is -2.22. The highest BCUT2D eigenvalue weighted by Gasteiger charge is 2.06. The van der Waals surface area contributed by atoms with Crippen molar-refractivity contribution < 1.29 is 0 Å². The first kappa shape index (κ1) is 20.8. The number of nitrogens with one attached hydrogen (secondary N) is 1. The number of aromatic nitrogens is 2. The van der Waals surface area contributed by atoms with Gasteiger partial charge in [0.2, 0.25) is 0 Å². The maximum atomic E-state index is 6.05. The van der Waals surface area contributed by atoms with Gasteiger partial charge in [-0.25, -0.2) is 0 Å². The molecule has 0 bridgehead atoms. The van der Waals surface area contributed by atoms with E-state index in [1.54, 1.807) is 0 Å². The van der Waals surface area contributed by atoms with Crippen LogP contribution in [0.2, 0.25) is 5.02 Å². The average Bonchev–Trinajstić information content (AvgIpc) is 2.92. The number of nitrogens with zero attached hydrogens (tertiary/aromatic N) is 4. The Labute approximate surface area is 166 Å². The fourth-order valence-corrected chi connectivity index (χ4v) is 2.51. The van der Waals surface area contributed by atoms with Crippen molar-refractivity contribution in [2.45, 2.75) is 26.9 Å². The Hall–Kier alpha value is -1.28. The Kier molecular flexibility index (Phi) is 9.13. The predicted molar refractivity (Wildman–Crippen MR) is 111 cm³/mol. The molecule has 0 aliphatic rings. The Bertz CT molecular complexity index is 656. The van der Waals surface area contributed by atoms with E-state index < -0.39 is 0 Å². The quantitative estimate of drug-likeness (QED) is 0.406. The number of rotatable bonds is 6. The number of aliphatic imine (C=N–C) groups is 1. The second-order valence-electron chi connectivity index (χ2n) is 5.50. The highest BCUT2D eigenvalue weighted by Crippen LogP contribution is 2.12. The summed E-state index contributed by atoms with van der Waals surface area (Å²) in [5, 5.41) is 8.36. The van der Waals surface area contributed by atoms with Crippen LogP contribution in [0.5, 0.6) is 0 Å². The van der Waals surface area contributed by atoms with Gasteiger partial charge in [0.25, 0.3) is 0 Å². The van der Waals surface area contributed by atoms with Gasteiger partial charge in [0.15, 0.2) is 5.96 Å². The minimum atomic E-state index is 0. The first-order valence-electron chi connectivity index (χ1n) is 7.81. The first-order chi connectivity index (χ1) is 11.1. The van der Waals surface area contributed by atoms with Gasteiger partial charge in [-0.05, 0) is 37.1 Å². The molecule has 0 aliphatic heterocycles. The number of halogens is 2. The number of benzene rings is 1. The molecule has 0 spiro atoms. The maximum absolute atomic E-state index is 6.05. The summed E-state index contributed by atoms with van der Waals surface area (Å²) in [4.78, 5) is 6.77. The molecule has 0 unspecified atom stereocenters. The minimum absolute atomic E-state index is 0. The predicted octanol–water partition coefficient (Wildman–Crippen LogP) is 3.56. The van der Waals surface area contributed by atoms with Crippen molar-refractivity contribution in [3.63, 3.8) is 0 Å². The van der Waals surface area contributed by atoms with Crippen molar-refractivity contribution in [3.8, 4) is 0 Å². The molecule has 132 valence electrons. The number of aryl methyl sites for hydroxylation is 1. The molecule has 0 aliphatic carbocycles. The summed E-state index contributed by atoms with van der Waals surface area (Å²) < 4.78 is 1.92. The van der Waals surface area contributed by atoms with Gasteiger partial charge in [0.05, 0.1) is 19.3 Å². The van der Waals surface area contributed by atoms with E-state index in [-0.39, 0.29) is 24.0 Å². The Morgan fingerprint density at radius 2 is 2.21 bits per heavy atom.